The maximum Gasteiger partial charge on any atom is 0.416 e. The predicted octanol–water partition coefficient (Wildman–Crippen LogP) is 4.58. The van der Waals surface area contributed by atoms with Crippen LogP contribution in [0.5, 0.6) is 0 Å². The molecule has 0 unspecified atom stereocenters. The molecule has 1 aliphatic rings. The van der Waals surface area contributed by atoms with E-state index < -0.39 is 34.9 Å². The lowest BCUT2D eigenvalue weighted by Gasteiger charge is -2.37. The minimum absolute atomic E-state index is 0.000848. The number of ether oxygens (including phenoxy) is 1. The number of piperazine rings is 1. The van der Waals surface area contributed by atoms with Crippen LogP contribution in [0.25, 0.3) is 5.78 Å². The summed E-state index contributed by atoms with van der Waals surface area (Å²) >= 11 is 9.20. The molecule has 3 aromatic rings. The van der Waals surface area contributed by atoms with Gasteiger partial charge in [-0.2, -0.15) is 22.7 Å². The normalized spacial score (nSPS) is 14.5. The maximum atomic E-state index is 13.6. The lowest BCUT2D eigenvalue weighted by Crippen LogP contribution is -2.51. The van der Waals surface area contributed by atoms with Crippen LogP contribution in [-0.4, -0.2) is 67.8 Å². The highest BCUT2D eigenvalue weighted by atomic mass is 79.9. The van der Waals surface area contributed by atoms with Crippen molar-refractivity contribution in [2.75, 3.05) is 36.4 Å². The molecule has 1 aromatic carbocycles. The first-order valence-corrected chi connectivity index (χ1v) is 13.8. The summed E-state index contributed by atoms with van der Waals surface area (Å²) in [5.74, 6) is -0.504. The molecule has 0 saturated carbocycles. The van der Waals surface area contributed by atoms with E-state index in [1.807, 2.05) is 11.8 Å². The average molecular weight is 663 g/mol. The molecule has 0 aliphatic carbocycles. The molecule has 3 heterocycles. The van der Waals surface area contributed by atoms with Gasteiger partial charge in [-0.05, 0) is 61.3 Å². The summed E-state index contributed by atoms with van der Waals surface area (Å²) in [6.45, 7) is 8.11. The van der Waals surface area contributed by atoms with Gasteiger partial charge in [0, 0.05) is 26.2 Å². The quantitative estimate of drug-likeness (QED) is 0.426. The molecular formula is C25H28BrClF3N7O4. The maximum absolute atomic E-state index is 13.6. The van der Waals surface area contributed by atoms with Crippen molar-refractivity contribution < 1.29 is 27.5 Å². The Labute approximate surface area is 246 Å². The molecule has 4 rings (SSSR count). The van der Waals surface area contributed by atoms with E-state index in [0.29, 0.717) is 44.0 Å². The third-order valence-electron chi connectivity index (χ3n) is 6.25. The Morgan fingerprint density at radius 3 is 2.37 bits per heavy atom. The van der Waals surface area contributed by atoms with Gasteiger partial charge in [-0.3, -0.25) is 9.59 Å². The molecule has 0 radical (unpaired) electrons. The lowest BCUT2D eigenvalue weighted by molar-refractivity contribution is -0.137. The van der Waals surface area contributed by atoms with Gasteiger partial charge in [0.1, 0.15) is 17.8 Å². The minimum atomic E-state index is -4.58. The third-order valence-corrected chi connectivity index (χ3v) is 6.90. The second-order valence-corrected chi connectivity index (χ2v) is 11.4. The van der Waals surface area contributed by atoms with Crippen LogP contribution in [0.2, 0.25) is 5.02 Å². The third kappa shape index (κ3) is 6.77. The van der Waals surface area contributed by atoms with Gasteiger partial charge in [0.05, 0.1) is 22.0 Å². The lowest BCUT2D eigenvalue weighted by atomic mass is 10.2. The number of carbonyl (C=O) groups excluding carboxylic acids is 2. The van der Waals surface area contributed by atoms with E-state index in [2.05, 4.69) is 31.3 Å². The van der Waals surface area contributed by atoms with Crippen LogP contribution < -0.4 is 15.8 Å². The largest absolute Gasteiger partial charge is 0.444 e. The van der Waals surface area contributed by atoms with E-state index in [0.717, 1.165) is 22.7 Å². The summed E-state index contributed by atoms with van der Waals surface area (Å²) in [6.07, 6.45) is -4.69. The fraction of sp³-hybridized carbons (Fsp3) is 0.480. The molecule has 0 atom stereocenters. The Balaban J connectivity index is 1.64. The Morgan fingerprint density at radius 2 is 1.80 bits per heavy atom. The average Bonchev–Trinajstić information content (AvgIpc) is 3.27. The van der Waals surface area contributed by atoms with Gasteiger partial charge >= 0.3 is 12.3 Å². The SMILES string of the molecule is CCc1c(N2CCN(C(=O)OC(C)(C)C)CC2)c(=O)n2nc(Br)nc2n1CC(=O)Nc1ccc(C(F)(F)F)cc1Cl. The van der Waals surface area contributed by atoms with E-state index in [4.69, 9.17) is 16.3 Å². The Hall–Kier alpha value is -3.33. The minimum Gasteiger partial charge on any atom is -0.444 e. The number of nitrogens with zero attached hydrogens (tertiary/aromatic N) is 6. The molecule has 0 spiro atoms. The summed E-state index contributed by atoms with van der Waals surface area (Å²) in [4.78, 5) is 46.9. The molecule has 1 fully saturated rings. The van der Waals surface area contributed by atoms with Gasteiger partial charge in [-0.15, -0.1) is 5.10 Å². The van der Waals surface area contributed by atoms with Crippen molar-refractivity contribution in [3.63, 3.8) is 0 Å². The van der Waals surface area contributed by atoms with Crippen molar-refractivity contribution in [1.82, 2.24) is 24.1 Å². The van der Waals surface area contributed by atoms with Crippen LogP contribution >= 0.6 is 27.5 Å². The van der Waals surface area contributed by atoms with Gasteiger partial charge in [-0.1, -0.05) is 18.5 Å². The number of halogens is 5. The van der Waals surface area contributed by atoms with E-state index in [-0.39, 0.29) is 27.8 Å². The van der Waals surface area contributed by atoms with Crippen LogP contribution in [0.3, 0.4) is 0 Å². The van der Waals surface area contributed by atoms with Crippen LogP contribution in [0, 0.1) is 0 Å². The molecular weight excluding hydrogens is 635 g/mol. The number of rotatable bonds is 5. The molecule has 2 aromatic heterocycles. The van der Waals surface area contributed by atoms with Crippen LogP contribution in [0.1, 0.15) is 39.0 Å². The number of nitrogens with one attached hydrogen (secondary N) is 1. The fourth-order valence-corrected chi connectivity index (χ4v) is 5.02. The first kappa shape index (κ1) is 30.6. The molecule has 2 amide bonds. The number of aromatic nitrogens is 4. The summed E-state index contributed by atoms with van der Waals surface area (Å²) in [6, 6.07) is 2.63. The predicted molar refractivity (Wildman–Crippen MR) is 149 cm³/mol. The van der Waals surface area contributed by atoms with E-state index in [1.165, 1.54) is 4.57 Å². The monoisotopic (exact) mass is 661 g/mol. The molecule has 16 heteroatoms. The molecule has 1 N–H and O–H groups in total. The molecule has 1 saturated heterocycles. The highest BCUT2D eigenvalue weighted by molar-refractivity contribution is 9.10. The van der Waals surface area contributed by atoms with Gasteiger partial charge in [0.25, 0.3) is 5.56 Å². The van der Waals surface area contributed by atoms with Crippen molar-refractivity contribution in [3.8, 4) is 0 Å². The molecule has 11 nitrogen and oxygen atoms in total. The molecule has 222 valence electrons. The van der Waals surface area contributed by atoms with Gasteiger partial charge in [0.2, 0.25) is 16.4 Å². The number of amides is 2. The summed E-state index contributed by atoms with van der Waals surface area (Å²) in [5.41, 5.74) is -1.22. The first-order chi connectivity index (χ1) is 19.1. The van der Waals surface area contributed by atoms with Crippen LogP contribution in [-0.2, 0) is 28.7 Å². The van der Waals surface area contributed by atoms with E-state index in [1.54, 1.807) is 25.7 Å². The Kier molecular flexibility index (Phi) is 8.60. The highest BCUT2D eigenvalue weighted by Gasteiger charge is 2.32. The van der Waals surface area contributed by atoms with Crippen molar-refractivity contribution >= 4 is 56.7 Å². The van der Waals surface area contributed by atoms with Gasteiger partial charge < -0.3 is 24.4 Å². The number of fused-ring (bicyclic) bond motifs is 1. The topological polar surface area (TPSA) is 114 Å². The number of hydrogen-bond donors (Lipinski definition) is 1. The zero-order valence-corrected chi connectivity index (χ0v) is 25.0. The van der Waals surface area contributed by atoms with Crippen molar-refractivity contribution in [2.45, 2.75) is 52.4 Å². The fourth-order valence-electron chi connectivity index (χ4n) is 4.47. The van der Waals surface area contributed by atoms with Crippen molar-refractivity contribution in [2.24, 2.45) is 0 Å². The van der Waals surface area contributed by atoms with Gasteiger partial charge in [-0.25, -0.2) is 4.79 Å². The highest BCUT2D eigenvalue weighted by Crippen LogP contribution is 2.34. The zero-order valence-electron chi connectivity index (χ0n) is 22.7. The number of carbonyl (C=O) groups is 2. The zero-order chi connectivity index (χ0) is 30.3. The van der Waals surface area contributed by atoms with Gasteiger partial charge in [0.15, 0.2) is 0 Å². The summed E-state index contributed by atoms with van der Waals surface area (Å²) in [5, 5.41) is 6.40. The second kappa shape index (κ2) is 11.5. The Morgan fingerprint density at radius 1 is 1.15 bits per heavy atom. The first-order valence-electron chi connectivity index (χ1n) is 12.7. The van der Waals surface area contributed by atoms with E-state index >= 15 is 0 Å². The van der Waals surface area contributed by atoms with Crippen molar-refractivity contribution in [1.29, 1.82) is 0 Å². The van der Waals surface area contributed by atoms with Crippen LogP contribution in [0.15, 0.2) is 27.7 Å². The molecule has 1 aliphatic heterocycles. The summed E-state index contributed by atoms with van der Waals surface area (Å²) < 4.78 is 47.2. The smallest absolute Gasteiger partial charge is 0.416 e. The van der Waals surface area contributed by atoms with E-state index in [9.17, 15) is 27.6 Å². The summed E-state index contributed by atoms with van der Waals surface area (Å²) in [7, 11) is 0. The molecule has 41 heavy (non-hydrogen) atoms. The number of benzene rings is 1. The standard InChI is InChI=1S/C25H28BrClF3N7O4/c1-5-17-19(34-8-10-35(11-9-34)23(40)41-24(2,3)4)20(39)37-22(32-21(26)33-37)36(17)13-18(38)31-16-7-6-14(12-15(16)27)25(28,29)30/h6-7,12H,5,8-11,13H2,1-4H3,(H,31,38). The number of hydrogen-bond acceptors (Lipinski definition) is 7. The van der Waals surface area contributed by atoms with Crippen LogP contribution in [0.4, 0.5) is 29.3 Å². The molecule has 0 bridgehead atoms. The number of anilines is 2. The van der Waals surface area contributed by atoms with Crippen molar-refractivity contribution in [3.05, 3.63) is 49.6 Å². The Bertz CT molecular complexity index is 1540. The number of alkyl halides is 3. The second-order valence-electron chi connectivity index (χ2n) is 10.3.